The van der Waals surface area contributed by atoms with E-state index in [1.54, 1.807) is 0 Å². The molecule has 0 saturated carbocycles. The summed E-state index contributed by atoms with van der Waals surface area (Å²) < 4.78 is 5.98. The number of nitrogens with zero attached hydrogens (tertiary/aromatic N) is 1. The monoisotopic (exact) mass is 276 g/mol. The smallest absolute Gasteiger partial charge is 0.0597 e. The van der Waals surface area contributed by atoms with Gasteiger partial charge in [0.15, 0.2) is 0 Å². The molecule has 1 aliphatic rings. The zero-order valence-corrected chi connectivity index (χ0v) is 13.4. The lowest BCUT2D eigenvalue weighted by molar-refractivity contribution is 0.0478. The minimum Gasteiger partial charge on any atom is -0.375 e. The third kappa shape index (κ3) is 3.21. The Hall–Kier alpha value is -0.930. The number of pyridine rings is 1. The summed E-state index contributed by atoms with van der Waals surface area (Å²) in [6, 6.07) is 4.78. The molecule has 3 heteroatoms. The molecule has 2 heterocycles. The molecular formula is C17H28N2O. The van der Waals surface area contributed by atoms with Crippen LogP contribution in [-0.2, 0) is 17.6 Å². The summed E-state index contributed by atoms with van der Waals surface area (Å²) in [5.74, 6) is 1.13. The average molecular weight is 276 g/mol. The number of rotatable bonds is 5. The fraction of sp³-hybridized carbons (Fsp3) is 0.706. The minimum atomic E-state index is 0.312. The first-order valence-corrected chi connectivity index (χ1v) is 7.83. The number of likely N-dealkylation sites (N-methyl/N-ethyl adjacent to an activating group) is 1. The van der Waals surface area contributed by atoms with Gasteiger partial charge in [-0.25, -0.2) is 0 Å². The minimum absolute atomic E-state index is 0.312. The van der Waals surface area contributed by atoms with Gasteiger partial charge in [0, 0.05) is 30.3 Å². The van der Waals surface area contributed by atoms with Crippen molar-refractivity contribution in [1.29, 1.82) is 0 Å². The van der Waals surface area contributed by atoms with Crippen molar-refractivity contribution in [1.82, 2.24) is 10.3 Å². The molecule has 1 N–H and O–H groups in total. The number of aryl methyl sites for hydroxylation is 1. The van der Waals surface area contributed by atoms with Crippen LogP contribution in [0, 0.1) is 11.8 Å². The molecule has 3 nitrogen and oxygen atoms in total. The number of aromatic nitrogens is 1. The maximum atomic E-state index is 5.98. The topological polar surface area (TPSA) is 34.1 Å². The predicted molar refractivity (Wildman–Crippen MR) is 82.8 cm³/mol. The first kappa shape index (κ1) is 15.5. The van der Waals surface area contributed by atoms with Gasteiger partial charge in [0.2, 0.25) is 0 Å². The molecular weight excluding hydrogens is 248 g/mol. The number of ether oxygens (including phenoxy) is 1. The van der Waals surface area contributed by atoms with Crippen LogP contribution in [-0.4, -0.2) is 30.3 Å². The second kappa shape index (κ2) is 6.68. The van der Waals surface area contributed by atoms with Gasteiger partial charge in [0.25, 0.3) is 0 Å². The molecule has 0 radical (unpaired) electrons. The molecule has 0 amide bonds. The lowest BCUT2D eigenvalue weighted by atomic mass is 9.81. The molecule has 2 rings (SSSR count). The first-order chi connectivity index (χ1) is 9.56. The van der Waals surface area contributed by atoms with Crippen molar-refractivity contribution in [2.24, 2.45) is 11.8 Å². The van der Waals surface area contributed by atoms with Crippen LogP contribution in [0.1, 0.15) is 39.0 Å². The molecule has 5 unspecified atom stereocenters. The van der Waals surface area contributed by atoms with E-state index in [0.29, 0.717) is 30.1 Å². The Labute approximate surface area is 123 Å². The molecule has 1 aliphatic heterocycles. The van der Waals surface area contributed by atoms with Crippen LogP contribution in [0.3, 0.4) is 0 Å². The van der Waals surface area contributed by atoms with E-state index in [0.717, 1.165) is 12.8 Å². The van der Waals surface area contributed by atoms with Gasteiger partial charge in [0.05, 0.1) is 12.2 Å². The third-order valence-corrected chi connectivity index (χ3v) is 4.88. The van der Waals surface area contributed by atoms with Crippen LogP contribution >= 0.6 is 0 Å². The Balaban J connectivity index is 2.08. The number of hydrogen-bond acceptors (Lipinski definition) is 3. The first-order valence-electron chi connectivity index (χ1n) is 7.83. The van der Waals surface area contributed by atoms with Gasteiger partial charge in [-0.3, -0.25) is 4.98 Å². The molecule has 20 heavy (non-hydrogen) atoms. The van der Waals surface area contributed by atoms with Crippen LogP contribution in [0.25, 0.3) is 0 Å². The molecule has 1 aromatic heterocycles. The normalized spacial score (nSPS) is 31.4. The highest BCUT2D eigenvalue weighted by Gasteiger charge is 2.41. The fourth-order valence-corrected chi connectivity index (χ4v) is 3.43. The molecule has 0 bridgehead atoms. The summed E-state index contributed by atoms with van der Waals surface area (Å²) in [6.07, 6.45) is 4.68. The molecule has 0 aromatic carbocycles. The van der Waals surface area contributed by atoms with Crippen molar-refractivity contribution < 1.29 is 4.74 Å². The van der Waals surface area contributed by atoms with E-state index in [1.807, 2.05) is 13.2 Å². The third-order valence-electron chi connectivity index (χ3n) is 4.88. The van der Waals surface area contributed by atoms with Crippen molar-refractivity contribution in [3.63, 3.8) is 0 Å². The second-order valence-corrected chi connectivity index (χ2v) is 6.09. The largest absolute Gasteiger partial charge is 0.375 e. The number of nitrogens with one attached hydrogen (secondary N) is 1. The molecule has 1 saturated heterocycles. The van der Waals surface area contributed by atoms with Gasteiger partial charge >= 0.3 is 0 Å². The van der Waals surface area contributed by atoms with Crippen LogP contribution in [0.2, 0.25) is 0 Å². The van der Waals surface area contributed by atoms with Crippen LogP contribution in [0.5, 0.6) is 0 Å². The van der Waals surface area contributed by atoms with Crippen molar-refractivity contribution in [2.45, 2.75) is 58.8 Å². The van der Waals surface area contributed by atoms with Crippen molar-refractivity contribution in [3.05, 3.63) is 29.6 Å². The lowest BCUT2D eigenvalue weighted by Crippen LogP contribution is -2.41. The number of hydrogen-bond donors (Lipinski definition) is 1. The molecule has 1 aromatic rings. The molecule has 0 aliphatic carbocycles. The molecule has 1 fully saturated rings. The van der Waals surface area contributed by atoms with E-state index in [2.05, 4.69) is 50.1 Å². The SMILES string of the molecule is CCc1ccc(CC(NC)C2C(C)OC(C)C2C)nc1. The van der Waals surface area contributed by atoms with E-state index in [9.17, 15) is 0 Å². The molecule has 0 spiro atoms. The Morgan fingerprint density at radius 2 is 2.00 bits per heavy atom. The Kier molecular flexibility index (Phi) is 5.17. The predicted octanol–water partition coefficient (Wildman–Crippen LogP) is 2.83. The van der Waals surface area contributed by atoms with Crippen molar-refractivity contribution in [3.8, 4) is 0 Å². The van der Waals surface area contributed by atoms with Crippen LogP contribution in [0.4, 0.5) is 0 Å². The average Bonchev–Trinajstić information content (AvgIpc) is 2.71. The maximum absolute atomic E-state index is 5.98. The lowest BCUT2D eigenvalue weighted by Gasteiger charge is -2.28. The van der Waals surface area contributed by atoms with Gasteiger partial charge in [-0.05, 0) is 44.9 Å². The van der Waals surface area contributed by atoms with Gasteiger partial charge in [-0.1, -0.05) is 19.9 Å². The van der Waals surface area contributed by atoms with E-state index in [1.165, 1.54) is 11.3 Å². The van der Waals surface area contributed by atoms with Gasteiger partial charge in [0.1, 0.15) is 0 Å². The fourth-order valence-electron chi connectivity index (χ4n) is 3.43. The van der Waals surface area contributed by atoms with Crippen molar-refractivity contribution >= 4 is 0 Å². The Bertz CT molecular complexity index is 418. The molecule has 112 valence electrons. The summed E-state index contributed by atoms with van der Waals surface area (Å²) in [5.41, 5.74) is 2.47. The highest BCUT2D eigenvalue weighted by atomic mass is 16.5. The van der Waals surface area contributed by atoms with Crippen LogP contribution in [0.15, 0.2) is 18.3 Å². The molecule has 5 atom stereocenters. The Morgan fingerprint density at radius 1 is 1.25 bits per heavy atom. The standard InChI is InChI=1S/C17H28N2O/c1-6-14-7-8-15(19-10-14)9-16(18-5)17-11(2)12(3)20-13(17)4/h7-8,10-13,16-18H,6,9H2,1-5H3. The zero-order valence-electron chi connectivity index (χ0n) is 13.4. The maximum Gasteiger partial charge on any atom is 0.0597 e. The van der Waals surface area contributed by atoms with Gasteiger partial charge < -0.3 is 10.1 Å². The summed E-state index contributed by atoms with van der Waals surface area (Å²) in [4.78, 5) is 4.60. The Morgan fingerprint density at radius 3 is 2.45 bits per heavy atom. The van der Waals surface area contributed by atoms with Crippen molar-refractivity contribution in [2.75, 3.05) is 7.05 Å². The van der Waals surface area contributed by atoms with Gasteiger partial charge in [-0.2, -0.15) is 0 Å². The zero-order chi connectivity index (χ0) is 14.7. The van der Waals surface area contributed by atoms with E-state index in [4.69, 9.17) is 4.74 Å². The highest BCUT2D eigenvalue weighted by Crippen LogP contribution is 2.35. The quantitative estimate of drug-likeness (QED) is 0.898. The van der Waals surface area contributed by atoms with Gasteiger partial charge in [-0.15, -0.1) is 0 Å². The summed E-state index contributed by atoms with van der Waals surface area (Å²) in [6.45, 7) is 8.84. The van der Waals surface area contributed by atoms with Crippen LogP contribution < -0.4 is 5.32 Å². The summed E-state index contributed by atoms with van der Waals surface area (Å²) >= 11 is 0. The summed E-state index contributed by atoms with van der Waals surface area (Å²) in [5, 5.41) is 3.48. The summed E-state index contributed by atoms with van der Waals surface area (Å²) in [7, 11) is 2.05. The van der Waals surface area contributed by atoms with E-state index < -0.39 is 0 Å². The highest BCUT2D eigenvalue weighted by molar-refractivity contribution is 5.15. The van der Waals surface area contributed by atoms with E-state index in [-0.39, 0.29) is 0 Å². The van der Waals surface area contributed by atoms with E-state index >= 15 is 0 Å². The second-order valence-electron chi connectivity index (χ2n) is 6.09.